The summed E-state index contributed by atoms with van der Waals surface area (Å²) in [7, 11) is 3.70. The van der Waals surface area contributed by atoms with Crippen LogP contribution in [-0.4, -0.2) is 33.0 Å². The van der Waals surface area contributed by atoms with Gasteiger partial charge in [-0.05, 0) is 25.1 Å². The van der Waals surface area contributed by atoms with Gasteiger partial charge >= 0.3 is 0 Å². The summed E-state index contributed by atoms with van der Waals surface area (Å²) in [5, 5.41) is 3.35. The Balaban J connectivity index is 2.07. The zero-order valence-corrected chi connectivity index (χ0v) is 10.8. The van der Waals surface area contributed by atoms with Gasteiger partial charge in [-0.15, -0.1) is 0 Å². The van der Waals surface area contributed by atoms with Crippen molar-refractivity contribution in [3.8, 4) is 0 Å². The van der Waals surface area contributed by atoms with Gasteiger partial charge in [-0.3, -0.25) is 0 Å². The van der Waals surface area contributed by atoms with Crippen LogP contribution in [0, 0.1) is 0 Å². The highest BCUT2D eigenvalue weighted by Crippen LogP contribution is 2.33. The smallest absolute Gasteiger partial charge is 0.0814 e. The highest BCUT2D eigenvalue weighted by Gasteiger charge is 2.32. The van der Waals surface area contributed by atoms with Crippen LogP contribution in [0.3, 0.4) is 0 Å². The van der Waals surface area contributed by atoms with Crippen LogP contribution in [0.15, 0.2) is 24.3 Å². The lowest BCUT2D eigenvalue weighted by Crippen LogP contribution is -2.32. The van der Waals surface area contributed by atoms with Crippen molar-refractivity contribution < 1.29 is 9.47 Å². The Kier molecular flexibility index (Phi) is 4.15. The molecule has 0 radical (unpaired) electrons. The Morgan fingerprint density at radius 3 is 2.88 bits per heavy atom. The Morgan fingerprint density at radius 1 is 1.41 bits per heavy atom. The fourth-order valence-electron chi connectivity index (χ4n) is 2.60. The van der Waals surface area contributed by atoms with Crippen LogP contribution in [0.2, 0.25) is 0 Å². The van der Waals surface area contributed by atoms with Crippen LogP contribution in [0.5, 0.6) is 0 Å². The molecule has 0 amide bonds. The van der Waals surface area contributed by atoms with Crippen molar-refractivity contribution in [3.63, 3.8) is 0 Å². The lowest BCUT2D eigenvalue weighted by molar-refractivity contribution is -0.0475. The van der Waals surface area contributed by atoms with Gasteiger partial charge in [0.25, 0.3) is 0 Å². The summed E-state index contributed by atoms with van der Waals surface area (Å²) >= 11 is 0. The quantitative estimate of drug-likeness (QED) is 0.846. The Labute approximate surface area is 103 Å². The number of methoxy groups -OCH3 is 1. The van der Waals surface area contributed by atoms with E-state index in [0.717, 1.165) is 6.42 Å². The first kappa shape index (κ1) is 12.6. The molecule has 0 fully saturated rings. The van der Waals surface area contributed by atoms with Gasteiger partial charge < -0.3 is 14.8 Å². The minimum Gasteiger partial charge on any atom is -0.382 e. The van der Waals surface area contributed by atoms with Gasteiger partial charge in [0.05, 0.1) is 24.9 Å². The zero-order valence-electron chi connectivity index (χ0n) is 10.8. The van der Waals surface area contributed by atoms with Crippen LogP contribution in [-0.2, 0) is 15.9 Å². The predicted octanol–water partition coefficient (Wildman–Crippen LogP) is 1.92. The summed E-state index contributed by atoms with van der Waals surface area (Å²) in [5.41, 5.74) is 2.76. The van der Waals surface area contributed by atoms with Gasteiger partial charge in [0.15, 0.2) is 0 Å². The van der Waals surface area contributed by atoms with E-state index in [4.69, 9.17) is 9.47 Å². The third-order valence-corrected chi connectivity index (χ3v) is 3.30. The van der Waals surface area contributed by atoms with Crippen LogP contribution < -0.4 is 5.32 Å². The number of rotatable bonds is 5. The fraction of sp³-hybridized carbons (Fsp3) is 0.571. The molecule has 0 aliphatic heterocycles. The van der Waals surface area contributed by atoms with E-state index in [0.29, 0.717) is 12.6 Å². The second kappa shape index (κ2) is 5.63. The van der Waals surface area contributed by atoms with Crippen molar-refractivity contribution in [2.45, 2.75) is 31.6 Å². The van der Waals surface area contributed by atoms with E-state index in [-0.39, 0.29) is 12.2 Å². The minimum atomic E-state index is 0.134. The summed E-state index contributed by atoms with van der Waals surface area (Å²) in [6.45, 7) is 2.70. The van der Waals surface area contributed by atoms with E-state index in [2.05, 4.69) is 36.5 Å². The molecule has 3 unspecified atom stereocenters. The average Bonchev–Trinajstić information content (AvgIpc) is 2.66. The SMILES string of the molecule is CNC1c2ccccc2CC1OC(C)COC. The number of hydrogen-bond donors (Lipinski definition) is 1. The van der Waals surface area contributed by atoms with E-state index < -0.39 is 0 Å². The van der Waals surface area contributed by atoms with Crippen molar-refractivity contribution in [3.05, 3.63) is 35.4 Å². The van der Waals surface area contributed by atoms with Crippen LogP contribution in [0.4, 0.5) is 0 Å². The summed E-state index contributed by atoms with van der Waals surface area (Å²) < 4.78 is 11.2. The van der Waals surface area contributed by atoms with Crippen molar-refractivity contribution in [2.75, 3.05) is 20.8 Å². The molecular weight excluding hydrogens is 214 g/mol. The maximum absolute atomic E-state index is 6.05. The van der Waals surface area contributed by atoms with Crippen molar-refractivity contribution in [1.29, 1.82) is 0 Å². The molecule has 3 atom stereocenters. The van der Waals surface area contributed by atoms with Crippen molar-refractivity contribution >= 4 is 0 Å². The standard InChI is InChI=1S/C14H21NO2/c1-10(9-16-3)17-13-8-11-6-4-5-7-12(11)14(13)15-2/h4-7,10,13-15H,8-9H2,1-3H3. The number of benzene rings is 1. The Hall–Kier alpha value is -0.900. The van der Waals surface area contributed by atoms with Gasteiger partial charge in [-0.2, -0.15) is 0 Å². The molecular formula is C14H21NO2. The number of hydrogen-bond acceptors (Lipinski definition) is 3. The lowest BCUT2D eigenvalue weighted by atomic mass is 10.1. The molecule has 1 aromatic carbocycles. The molecule has 3 nitrogen and oxygen atoms in total. The molecule has 1 aromatic rings. The molecule has 1 N–H and O–H groups in total. The normalized spacial score (nSPS) is 24.6. The molecule has 0 spiro atoms. The van der Waals surface area contributed by atoms with Gasteiger partial charge in [-0.1, -0.05) is 24.3 Å². The largest absolute Gasteiger partial charge is 0.382 e. The van der Waals surface area contributed by atoms with E-state index >= 15 is 0 Å². The Bertz CT molecular complexity index is 367. The molecule has 0 saturated carbocycles. The zero-order chi connectivity index (χ0) is 12.3. The summed E-state index contributed by atoms with van der Waals surface area (Å²) in [6.07, 6.45) is 1.33. The van der Waals surface area contributed by atoms with Gasteiger partial charge in [0.1, 0.15) is 0 Å². The number of ether oxygens (including phenoxy) is 2. The predicted molar refractivity (Wildman–Crippen MR) is 68.2 cm³/mol. The Morgan fingerprint density at radius 2 is 2.18 bits per heavy atom. The second-order valence-corrected chi connectivity index (χ2v) is 4.61. The molecule has 2 rings (SSSR count). The maximum atomic E-state index is 6.05. The van der Waals surface area contributed by atoms with E-state index in [1.54, 1.807) is 7.11 Å². The summed E-state index contributed by atoms with van der Waals surface area (Å²) in [6, 6.07) is 8.84. The first-order valence-corrected chi connectivity index (χ1v) is 6.15. The minimum absolute atomic E-state index is 0.134. The number of likely N-dealkylation sites (N-methyl/N-ethyl adjacent to an activating group) is 1. The van der Waals surface area contributed by atoms with E-state index in [1.807, 2.05) is 7.05 Å². The molecule has 1 aliphatic rings. The number of fused-ring (bicyclic) bond motifs is 1. The highest BCUT2D eigenvalue weighted by molar-refractivity contribution is 5.36. The second-order valence-electron chi connectivity index (χ2n) is 4.61. The molecule has 0 heterocycles. The summed E-state index contributed by atoms with van der Waals surface area (Å²) in [4.78, 5) is 0. The summed E-state index contributed by atoms with van der Waals surface area (Å²) in [5.74, 6) is 0. The first-order chi connectivity index (χ1) is 8.26. The maximum Gasteiger partial charge on any atom is 0.0814 e. The third-order valence-electron chi connectivity index (χ3n) is 3.30. The molecule has 0 saturated heterocycles. The molecule has 94 valence electrons. The van der Waals surface area contributed by atoms with E-state index in [9.17, 15) is 0 Å². The fourth-order valence-corrected chi connectivity index (χ4v) is 2.60. The van der Waals surface area contributed by atoms with Crippen molar-refractivity contribution in [2.24, 2.45) is 0 Å². The van der Waals surface area contributed by atoms with Gasteiger partial charge in [0, 0.05) is 13.5 Å². The number of nitrogens with one attached hydrogen (secondary N) is 1. The monoisotopic (exact) mass is 235 g/mol. The molecule has 1 aliphatic carbocycles. The van der Waals surface area contributed by atoms with Crippen LogP contribution in [0.25, 0.3) is 0 Å². The average molecular weight is 235 g/mol. The topological polar surface area (TPSA) is 30.5 Å². The molecule has 0 bridgehead atoms. The molecule has 0 aromatic heterocycles. The first-order valence-electron chi connectivity index (χ1n) is 6.15. The molecule has 3 heteroatoms. The highest BCUT2D eigenvalue weighted by atomic mass is 16.5. The van der Waals surface area contributed by atoms with Gasteiger partial charge in [-0.25, -0.2) is 0 Å². The van der Waals surface area contributed by atoms with Crippen LogP contribution >= 0.6 is 0 Å². The van der Waals surface area contributed by atoms with Crippen LogP contribution in [0.1, 0.15) is 24.1 Å². The third kappa shape index (κ3) is 2.68. The van der Waals surface area contributed by atoms with Gasteiger partial charge in [0.2, 0.25) is 0 Å². The lowest BCUT2D eigenvalue weighted by Gasteiger charge is -2.24. The van der Waals surface area contributed by atoms with Crippen molar-refractivity contribution in [1.82, 2.24) is 5.32 Å². The molecule has 17 heavy (non-hydrogen) atoms. The van der Waals surface area contributed by atoms with E-state index in [1.165, 1.54) is 11.1 Å².